The molecular weight excluding hydrogens is 276 g/mol. The van der Waals surface area contributed by atoms with E-state index in [4.69, 9.17) is 0 Å². The van der Waals surface area contributed by atoms with Crippen molar-refractivity contribution in [1.29, 1.82) is 0 Å². The van der Waals surface area contributed by atoms with Crippen molar-refractivity contribution in [2.75, 3.05) is 0 Å². The lowest BCUT2D eigenvalue weighted by Crippen LogP contribution is -2.30. The molecule has 2 saturated carbocycles. The second kappa shape index (κ2) is 3.94. The number of amides is 2. The van der Waals surface area contributed by atoms with Gasteiger partial charge in [0.25, 0.3) is 11.8 Å². The minimum atomic E-state index is -0.169. The molecule has 3 fully saturated rings. The molecule has 4 nitrogen and oxygen atoms in total. The largest absolute Gasteiger partial charge is 0.272 e. The van der Waals surface area contributed by atoms with Crippen molar-refractivity contribution in [3.63, 3.8) is 0 Å². The number of imide groups is 1. The molecule has 22 heavy (non-hydrogen) atoms. The molecule has 1 heterocycles. The molecular formula is C18H16N2O2. The summed E-state index contributed by atoms with van der Waals surface area (Å²) in [6.45, 7) is 0. The molecule has 0 unspecified atom stereocenters. The number of allylic oxidation sites excluding steroid dienone is 2. The normalized spacial score (nSPS) is 36.8. The molecule has 1 aromatic carbocycles. The lowest BCUT2D eigenvalue weighted by Gasteiger charge is -2.18. The Morgan fingerprint density at radius 2 is 1.59 bits per heavy atom. The molecule has 0 aromatic heterocycles. The fraction of sp³-hybridized carbons (Fsp3) is 0.389. The summed E-state index contributed by atoms with van der Waals surface area (Å²) in [6.07, 6.45) is 8.27. The van der Waals surface area contributed by atoms with Crippen LogP contribution in [0.5, 0.6) is 0 Å². The molecule has 1 aromatic rings. The smallest absolute Gasteiger partial charge is 0.254 e. The Kier molecular flexibility index (Phi) is 2.21. The number of rotatable bonds is 2. The summed E-state index contributed by atoms with van der Waals surface area (Å²) in [5, 5.41) is 5.30. The number of hydrogen-bond acceptors (Lipinski definition) is 3. The summed E-state index contributed by atoms with van der Waals surface area (Å²) in [6, 6.07) is 9.54. The monoisotopic (exact) mass is 292 g/mol. The van der Waals surface area contributed by atoms with Crippen molar-refractivity contribution in [2.45, 2.75) is 12.8 Å². The molecule has 1 spiro atoms. The van der Waals surface area contributed by atoms with Gasteiger partial charge in [-0.2, -0.15) is 10.1 Å². The van der Waals surface area contributed by atoms with Gasteiger partial charge in [0.05, 0.1) is 18.1 Å². The third-order valence-electron chi connectivity index (χ3n) is 5.95. The predicted octanol–water partition coefficient (Wildman–Crippen LogP) is 2.22. The number of hydrogen-bond donors (Lipinski definition) is 0. The van der Waals surface area contributed by atoms with E-state index in [1.54, 1.807) is 6.21 Å². The van der Waals surface area contributed by atoms with E-state index in [1.807, 2.05) is 30.3 Å². The van der Waals surface area contributed by atoms with Gasteiger partial charge in [-0.3, -0.25) is 9.59 Å². The lowest BCUT2D eigenvalue weighted by molar-refractivity contribution is -0.141. The summed E-state index contributed by atoms with van der Waals surface area (Å²) in [4.78, 5) is 25.4. The Labute approximate surface area is 128 Å². The average Bonchev–Trinajstić information content (AvgIpc) is 3.14. The van der Waals surface area contributed by atoms with E-state index < -0.39 is 0 Å². The van der Waals surface area contributed by atoms with Crippen LogP contribution in [0, 0.1) is 29.1 Å². The highest BCUT2D eigenvalue weighted by atomic mass is 16.2. The second-order valence-electron chi connectivity index (χ2n) is 6.86. The Morgan fingerprint density at radius 1 is 1.00 bits per heavy atom. The maximum atomic E-state index is 12.7. The third-order valence-corrected chi connectivity index (χ3v) is 5.95. The summed E-state index contributed by atoms with van der Waals surface area (Å²) in [5.74, 6) is -0.0294. The van der Waals surface area contributed by atoms with Crippen molar-refractivity contribution in [3.8, 4) is 0 Å². The zero-order chi connectivity index (χ0) is 14.9. The Bertz CT molecular complexity index is 699. The molecule has 4 atom stereocenters. The molecule has 5 rings (SSSR count). The van der Waals surface area contributed by atoms with Gasteiger partial charge in [-0.1, -0.05) is 42.5 Å². The SMILES string of the molecule is O=C1[C@H]2[C@H](C(=O)N1/N=C\c1ccccc1)[C@H]1C=C[C@H]2C12CC2. The van der Waals surface area contributed by atoms with E-state index in [0.29, 0.717) is 0 Å². The number of hydrazone groups is 1. The molecule has 1 saturated heterocycles. The van der Waals surface area contributed by atoms with Crippen LogP contribution in [-0.4, -0.2) is 23.0 Å². The molecule has 2 amide bonds. The summed E-state index contributed by atoms with van der Waals surface area (Å²) in [5.41, 5.74) is 1.13. The van der Waals surface area contributed by atoms with Crippen LogP contribution in [-0.2, 0) is 9.59 Å². The molecule has 0 radical (unpaired) electrons. The lowest BCUT2D eigenvalue weighted by atomic mass is 9.85. The number of carbonyl (C=O) groups excluding carboxylic acids is 2. The van der Waals surface area contributed by atoms with Crippen molar-refractivity contribution in [1.82, 2.24) is 5.01 Å². The van der Waals surface area contributed by atoms with Gasteiger partial charge in [0.15, 0.2) is 0 Å². The quantitative estimate of drug-likeness (QED) is 0.477. The summed E-state index contributed by atoms with van der Waals surface area (Å²) >= 11 is 0. The van der Waals surface area contributed by atoms with Crippen LogP contribution in [0.15, 0.2) is 47.6 Å². The van der Waals surface area contributed by atoms with Crippen LogP contribution < -0.4 is 0 Å². The van der Waals surface area contributed by atoms with Crippen LogP contribution in [0.1, 0.15) is 18.4 Å². The highest BCUT2D eigenvalue weighted by molar-refractivity contribution is 6.07. The maximum Gasteiger partial charge on any atom is 0.254 e. The molecule has 4 heteroatoms. The molecule has 2 bridgehead atoms. The van der Waals surface area contributed by atoms with Crippen LogP contribution in [0.25, 0.3) is 0 Å². The van der Waals surface area contributed by atoms with Gasteiger partial charge in [-0.05, 0) is 35.7 Å². The van der Waals surface area contributed by atoms with E-state index >= 15 is 0 Å². The zero-order valence-electron chi connectivity index (χ0n) is 12.1. The van der Waals surface area contributed by atoms with Gasteiger partial charge in [0.2, 0.25) is 0 Å². The molecule has 3 aliphatic carbocycles. The summed E-state index contributed by atoms with van der Waals surface area (Å²) < 4.78 is 0. The minimum Gasteiger partial charge on any atom is -0.272 e. The number of fused-ring (bicyclic) bond motifs is 3. The van der Waals surface area contributed by atoms with Crippen LogP contribution >= 0.6 is 0 Å². The van der Waals surface area contributed by atoms with Crippen molar-refractivity contribution >= 4 is 18.0 Å². The van der Waals surface area contributed by atoms with Crippen LogP contribution in [0.4, 0.5) is 0 Å². The topological polar surface area (TPSA) is 49.7 Å². The molecule has 0 N–H and O–H groups in total. The van der Waals surface area contributed by atoms with E-state index in [1.165, 1.54) is 0 Å². The zero-order valence-corrected chi connectivity index (χ0v) is 12.1. The first-order chi connectivity index (χ1) is 10.7. The first-order valence-corrected chi connectivity index (χ1v) is 7.87. The van der Waals surface area contributed by atoms with Gasteiger partial charge in [0, 0.05) is 0 Å². The van der Waals surface area contributed by atoms with Gasteiger partial charge in [-0.25, -0.2) is 0 Å². The van der Waals surface area contributed by atoms with E-state index in [9.17, 15) is 9.59 Å². The van der Waals surface area contributed by atoms with Gasteiger partial charge in [0.1, 0.15) is 0 Å². The first-order valence-electron chi connectivity index (χ1n) is 7.87. The first kappa shape index (κ1) is 12.3. The predicted molar refractivity (Wildman–Crippen MR) is 80.7 cm³/mol. The average molecular weight is 292 g/mol. The fourth-order valence-electron chi connectivity index (χ4n) is 4.84. The Hall–Kier alpha value is -2.23. The van der Waals surface area contributed by atoms with Gasteiger partial charge in [-0.15, -0.1) is 0 Å². The minimum absolute atomic E-state index is 0.106. The maximum absolute atomic E-state index is 12.7. The fourth-order valence-corrected chi connectivity index (χ4v) is 4.84. The van der Waals surface area contributed by atoms with Crippen molar-refractivity contribution in [2.24, 2.45) is 34.2 Å². The highest BCUT2D eigenvalue weighted by Crippen LogP contribution is 2.73. The number of carbonyl (C=O) groups is 2. The highest BCUT2D eigenvalue weighted by Gasteiger charge is 2.73. The Morgan fingerprint density at radius 3 is 2.14 bits per heavy atom. The van der Waals surface area contributed by atoms with Gasteiger partial charge < -0.3 is 0 Å². The molecule has 1 aliphatic heterocycles. The standard InChI is InChI=1S/C18H16N2O2/c21-16-14-12-6-7-13(18(12)8-9-18)15(14)17(22)20(16)19-10-11-4-2-1-3-5-11/h1-7,10,12-15H,8-9H2/b19-10-/t12-,13-,14-,15-/m1/s1. The third kappa shape index (κ3) is 1.35. The van der Waals surface area contributed by atoms with Crippen molar-refractivity contribution in [3.05, 3.63) is 48.0 Å². The number of nitrogens with zero attached hydrogens (tertiary/aromatic N) is 2. The Balaban J connectivity index is 1.46. The van der Waals surface area contributed by atoms with E-state index in [-0.39, 0.29) is 40.9 Å². The molecule has 110 valence electrons. The number of benzene rings is 1. The van der Waals surface area contributed by atoms with E-state index in [2.05, 4.69) is 17.3 Å². The second-order valence-corrected chi connectivity index (χ2v) is 6.86. The van der Waals surface area contributed by atoms with Crippen LogP contribution in [0.3, 0.4) is 0 Å². The van der Waals surface area contributed by atoms with Gasteiger partial charge >= 0.3 is 0 Å². The van der Waals surface area contributed by atoms with Crippen LogP contribution in [0.2, 0.25) is 0 Å². The molecule has 4 aliphatic rings. The summed E-state index contributed by atoms with van der Waals surface area (Å²) in [7, 11) is 0. The van der Waals surface area contributed by atoms with Crippen molar-refractivity contribution < 1.29 is 9.59 Å². The van der Waals surface area contributed by atoms with E-state index in [0.717, 1.165) is 23.4 Å².